The molecule has 0 spiro atoms. The third-order valence-electron chi connectivity index (χ3n) is 5.01. The van der Waals surface area contributed by atoms with Gasteiger partial charge in [0.25, 0.3) is 11.5 Å². The van der Waals surface area contributed by atoms with Crippen LogP contribution in [0.25, 0.3) is 11.3 Å². The second-order valence-electron chi connectivity index (χ2n) is 7.44. The molecule has 3 N–H and O–H groups in total. The lowest BCUT2D eigenvalue weighted by molar-refractivity contribution is -0.124. The van der Waals surface area contributed by atoms with Crippen LogP contribution in [-0.2, 0) is 9.59 Å². The molecule has 2 aromatic heterocycles. The molecule has 0 aliphatic heterocycles. The van der Waals surface area contributed by atoms with Crippen molar-refractivity contribution in [3.63, 3.8) is 0 Å². The van der Waals surface area contributed by atoms with Crippen LogP contribution in [-0.4, -0.2) is 45.6 Å². The maximum atomic E-state index is 12.5. The van der Waals surface area contributed by atoms with Gasteiger partial charge in [-0.1, -0.05) is 6.92 Å². The predicted molar refractivity (Wildman–Crippen MR) is 127 cm³/mol. The van der Waals surface area contributed by atoms with E-state index < -0.39 is 17.5 Å². The zero-order valence-electron chi connectivity index (χ0n) is 18.9. The Kier molecular flexibility index (Phi) is 8.22. The SMILES string of the molecule is CCC(=O)Nc1ccc(C(=O)NCCNC(=O)C(C)n2nc(-c3ccncc3)ccc2=O)cc1. The zero-order valence-corrected chi connectivity index (χ0v) is 18.9. The standard InChI is InChI=1S/C24H26N6O4/c1-3-21(31)28-19-6-4-18(5-7-19)24(34)27-15-14-26-23(33)16(2)30-22(32)9-8-20(29-30)17-10-12-25-13-11-17/h4-13,16H,3,14-15H2,1-2H3,(H,26,33)(H,27,34)(H,28,31). The summed E-state index contributed by atoms with van der Waals surface area (Å²) in [6, 6.07) is 12.2. The molecule has 0 fully saturated rings. The van der Waals surface area contributed by atoms with E-state index in [1.165, 1.54) is 6.07 Å². The summed E-state index contributed by atoms with van der Waals surface area (Å²) in [6.45, 7) is 3.71. The Morgan fingerprint density at radius 2 is 1.62 bits per heavy atom. The number of hydrogen-bond donors (Lipinski definition) is 3. The lowest BCUT2D eigenvalue weighted by Crippen LogP contribution is -2.40. The van der Waals surface area contributed by atoms with Gasteiger partial charge >= 0.3 is 0 Å². The molecule has 1 atom stereocenters. The lowest BCUT2D eigenvalue weighted by atomic mass is 10.2. The van der Waals surface area contributed by atoms with Crippen molar-refractivity contribution < 1.29 is 14.4 Å². The van der Waals surface area contributed by atoms with Crippen LogP contribution in [0.2, 0.25) is 0 Å². The van der Waals surface area contributed by atoms with Crippen molar-refractivity contribution in [3.05, 3.63) is 76.8 Å². The molecule has 10 heteroatoms. The van der Waals surface area contributed by atoms with Gasteiger partial charge in [0.15, 0.2) is 0 Å². The van der Waals surface area contributed by atoms with E-state index in [9.17, 15) is 19.2 Å². The summed E-state index contributed by atoms with van der Waals surface area (Å²) in [6.07, 6.45) is 3.61. The number of pyridine rings is 1. The van der Waals surface area contributed by atoms with E-state index in [2.05, 4.69) is 26.0 Å². The second kappa shape index (κ2) is 11.5. The molecule has 0 saturated carbocycles. The summed E-state index contributed by atoms with van der Waals surface area (Å²) in [5, 5.41) is 12.4. The number of nitrogens with zero attached hydrogens (tertiary/aromatic N) is 3. The number of amides is 3. The molecular weight excluding hydrogens is 436 g/mol. The van der Waals surface area contributed by atoms with Crippen molar-refractivity contribution in [1.82, 2.24) is 25.4 Å². The Balaban J connectivity index is 1.51. The van der Waals surface area contributed by atoms with E-state index >= 15 is 0 Å². The van der Waals surface area contributed by atoms with E-state index in [4.69, 9.17) is 0 Å². The zero-order chi connectivity index (χ0) is 24.5. The molecule has 0 aliphatic carbocycles. The number of aromatic nitrogens is 3. The molecule has 2 heterocycles. The average molecular weight is 463 g/mol. The van der Waals surface area contributed by atoms with Gasteiger partial charge in [0.2, 0.25) is 11.8 Å². The van der Waals surface area contributed by atoms with Crippen LogP contribution in [0.15, 0.2) is 65.7 Å². The van der Waals surface area contributed by atoms with E-state index in [-0.39, 0.29) is 24.9 Å². The molecule has 0 radical (unpaired) electrons. The highest BCUT2D eigenvalue weighted by molar-refractivity contribution is 5.95. The Bertz CT molecular complexity index is 1210. The van der Waals surface area contributed by atoms with Gasteiger partial charge in [0.1, 0.15) is 6.04 Å². The largest absolute Gasteiger partial charge is 0.352 e. The van der Waals surface area contributed by atoms with Gasteiger partial charge in [-0.3, -0.25) is 24.2 Å². The first kappa shape index (κ1) is 24.3. The molecule has 3 aromatic rings. The quantitative estimate of drug-likeness (QED) is 0.415. The van der Waals surface area contributed by atoms with Gasteiger partial charge in [0, 0.05) is 54.8 Å². The molecule has 34 heavy (non-hydrogen) atoms. The summed E-state index contributed by atoms with van der Waals surface area (Å²) in [5.74, 6) is -0.811. The number of carbonyl (C=O) groups excluding carboxylic acids is 3. The van der Waals surface area contributed by atoms with Crippen LogP contribution in [0.1, 0.15) is 36.7 Å². The Hall–Kier alpha value is -4.34. The first-order valence-electron chi connectivity index (χ1n) is 10.8. The van der Waals surface area contributed by atoms with Crippen molar-refractivity contribution in [2.45, 2.75) is 26.3 Å². The Morgan fingerprint density at radius 3 is 2.29 bits per heavy atom. The summed E-state index contributed by atoms with van der Waals surface area (Å²) < 4.78 is 1.13. The molecular formula is C24H26N6O4. The van der Waals surface area contributed by atoms with Crippen LogP contribution in [0.5, 0.6) is 0 Å². The van der Waals surface area contributed by atoms with Crippen molar-refractivity contribution in [3.8, 4) is 11.3 Å². The highest BCUT2D eigenvalue weighted by Crippen LogP contribution is 2.14. The fraction of sp³-hybridized carbons (Fsp3) is 0.250. The summed E-state index contributed by atoms with van der Waals surface area (Å²) in [4.78, 5) is 52.5. The molecule has 3 amide bonds. The number of rotatable bonds is 9. The first-order valence-corrected chi connectivity index (χ1v) is 10.8. The molecule has 0 bridgehead atoms. The third kappa shape index (κ3) is 6.35. The first-order chi connectivity index (χ1) is 16.4. The summed E-state index contributed by atoms with van der Waals surface area (Å²) >= 11 is 0. The minimum atomic E-state index is -0.837. The molecule has 3 rings (SSSR count). The van der Waals surface area contributed by atoms with Crippen molar-refractivity contribution in [1.29, 1.82) is 0 Å². The van der Waals surface area contributed by atoms with Crippen molar-refractivity contribution in [2.24, 2.45) is 0 Å². The lowest BCUT2D eigenvalue weighted by Gasteiger charge is -2.15. The summed E-state index contributed by atoms with van der Waals surface area (Å²) in [5.41, 5.74) is 1.97. The molecule has 176 valence electrons. The number of hydrogen-bond acceptors (Lipinski definition) is 6. The Labute approximate surface area is 196 Å². The monoisotopic (exact) mass is 462 g/mol. The van der Waals surface area contributed by atoms with E-state index in [1.807, 2.05) is 0 Å². The maximum Gasteiger partial charge on any atom is 0.267 e. The average Bonchev–Trinajstić information content (AvgIpc) is 2.87. The topological polar surface area (TPSA) is 135 Å². The fourth-order valence-electron chi connectivity index (χ4n) is 3.06. The van der Waals surface area contributed by atoms with Gasteiger partial charge < -0.3 is 16.0 Å². The highest BCUT2D eigenvalue weighted by Gasteiger charge is 2.18. The van der Waals surface area contributed by atoms with Gasteiger partial charge in [-0.2, -0.15) is 5.10 Å². The van der Waals surface area contributed by atoms with Crippen molar-refractivity contribution >= 4 is 23.4 Å². The predicted octanol–water partition coefficient (Wildman–Crippen LogP) is 1.76. The molecule has 1 unspecified atom stereocenters. The van der Waals surface area contributed by atoms with Gasteiger partial charge in [-0.05, 0) is 49.4 Å². The minimum absolute atomic E-state index is 0.108. The fourth-order valence-corrected chi connectivity index (χ4v) is 3.06. The summed E-state index contributed by atoms with van der Waals surface area (Å²) in [7, 11) is 0. The van der Waals surface area contributed by atoms with Crippen LogP contribution in [0.4, 0.5) is 5.69 Å². The number of carbonyl (C=O) groups is 3. The molecule has 10 nitrogen and oxygen atoms in total. The number of nitrogens with one attached hydrogen (secondary N) is 3. The van der Waals surface area contributed by atoms with E-state index in [1.54, 1.807) is 68.7 Å². The van der Waals surface area contributed by atoms with Gasteiger partial charge in [0.05, 0.1) is 5.69 Å². The normalized spacial score (nSPS) is 11.4. The molecule has 0 aliphatic rings. The maximum absolute atomic E-state index is 12.5. The van der Waals surface area contributed by atoms with Gasteiger partial charge in [-0.25, -0.2) is 4.68 Å². The highest BCUT2D eigenvalue weighted by atomic mass is 16.2. The molecule has 0 saturated heterocycles. The Morgan fingerprint density at radius 1 is 0.941 bits per heavy atom. The third-order valence-corrected chi connectivity index (χ3v) is 5.01. The van der Waals surface area contributed by atoms with Crippen LogP contribution in [0, 0.1) is 0 Å². The van der Waals surface area contributed by atoms with Crippen LogP contribution < -0.4 is 21.5 Å². The van der Waals surface area contributed by atoms with E-state index in [0.29, 0.717) is 23.4 Å². The molecule has 1 aromatic carbocycles. The van der Waals surface area contributed by atoms with Crippen LogP contribution >= 0.6 is 0 Å². The van der Waals surface area contributed by atoms with Gasteiger partial charge in [-0.15, -0.1) is 0 Å². The smallest absolute Gasteiger partial charge is 0.267 e. The minimum Gasteiger partial charge on any atom is -0.352 e. The number of benzene rings is 1. The van der Waals surface area contributed by atoms with Crippen LogP contribution in [0.3, 0.4) is 0 Å². The number of anilines is 1. The van der Waals surface area contributed by atoms with E-state index in [0.717, 1.165) is 10.2 Å². The van der Waals surface area contributed by atoms with Crippen molar-refractivity contribution in [2.75, 3.05) is 18.4 Å². The second-order valence-corrected chi connectivity index (χ2v) is 7.44.